The summed E-state index contributed by atoms with van der Waals surface area (Å²) < 4.78 is 5.28. The molecule has 1 atom stereocenters. The molecule has 23 heavy (non-hydrogen) atoms. The Balaban J connectivity index is 1.64. The molecule has 0 spiro atoms. The molecule has 0 fully saturated rings. The molecule has 1 heterocycles. The van der Waals surface area contributed by atoms with E-state index in [0.29, 0.717) is 23.3 Å². The number of rotatable bonds is 5. The highest BCUT2D eigenvalue weighted by molar-refractivity contribution is 6.30. The fraction of sp³-hybridized carbons (Fsp3) is 0.176. The van der Waals surface area contributed by atoms with Crippen molar-refractivity contribution in [2.24, 2.45) is 0 Å². The first-order valence-electron chi connectivity index (χ1n) is 7.19. The second-order valence-corrected chi connectivity index (χ2v) is 6.05. The van der Waals surface area contributed by atoms with E-state index in [1.54, 1.807) is 12.1 Å². The van der Waals surface area contributed by atoms with Crippen LogP contribution < -0.4 is 5.32 Å². The third-order valence-corrected chi connectivity index (χ3v) is 3.97. The molecule has 0 radical (unpaired) electrons. The lowest BCUT2D eigenvalue weighted by Crippen LogP contribution is -2.18. The van der Waals surface area contributed by atoms with Crippen LogP contribution in [0.15, 0.2) is 53.1 Å². The maximum Gasteiger partial charge on any atom is 0.240 e. The standard InChI is InChI=1S/C17H15Cl2N3O/c1-11(13-3-2-4-15(19)9-13)20-10-16-21-17(22-23-16)12-5-7-14(18)8-6-12/h2-9,11,20H,10H2,1H3/t11-/m1/s1. The molecule has 3 aromatic rings. The summed E-state index contributed by atoms with van der Waals surface area (Å²) in [6.45, 7) is 2.54. The van der Waals surface area contributed by atoms with Crippen LogP contribution >= 0.6 is 23.2 Å². The van der Waals surface area contributed by atoms with Crippen LogP contribution in [0.5, 0.6) is 0 Å². The van der Waals surface area contributed by atoms with Gasteiger partial charge in [0.05, 0.1) is 6.54 Å². The molecule has 0 saturated heterocycles. The Morgan fingerprint density at radius 1 is 1.09 bits per heavy atom. The van der Waals surface area contributed by atoms with Crippen molar-refractivity contribution >= 4 is 23.2 Å². The second kappa shape index (κ2) is 7.13. The van der Waals surface area contributed by atoms with Gasteiger partial charge >= 0.3 is 0 Å². The van der Waals surface area contributed by atoms with E-state index < -0.39 is 0 Å². The molecule has 0 aliphatic rings. The normalized spacial score (nSPS) is 12.3. The number of aromatic nitrogens is 2. The van der Waals surface area contributed by atoms with Crippen molar-refractivity contribution in [2.45, 2.75) is 19.5 Å². The predicted molar refractivity (Wildman–Crippen MR) is 91.5 cm³/mol. The van der Waals surface area contributed by atoms with Gasteiger partial charge in [-0.05, 0) is 48.9 Å². The van der Waals surface area contributed by atoms with E-state index in [0.717, 1.165) is 16.1 Å². The predicted octanol–water partition coefficient (Wildman–Crippen LogP) is 4.89. The molecule has 2 aromatic carbocycles. The van der Waals surface area contributed by atoms with Crippen molar-refractivity contribution in [3.05, 3.63) is 70.0 Å². The smallest absolute Gasteiger partial charge is 0.240 e. The highest BCUT2D eigenvalue weighted by Gasteiger charge is 2.11. The zero-order valence-electron chi connectivity index (χ0n) is 12.5. The summed E-state index contributed by atoms with van der Waals surface area (Å²) >= 11 is 11.9. The first kappa shape index (κ1) is 16.0. The average Bonchev–Trinajstić information content (AvgIpc) is 3.02. The first-order chi connectivity index (χ1) is 11.1. The van der Waals surface area contributed by atoms with Crippen molar-refractivity contribution in [1.29, 1.82) is 0 Å². The lowest BCUT2D eigenvalue weighted by atomic mass is 10.1. The zero-order valence-corrected chi connectivity index (χ0v) is 14.0. The van der Waals surface area contributed by atoms with Gasteiger partial charge in [0.1, 0.15) is 0 Å². The molecule has 0 aliphatic carbocycles. The lowest BCUT2D eigenvalue weighted by molar-refractivity contribution is 0.360. The highest BCUT2D eigenvalue weighted by Crippen LogP contribution is 2.20. The van der Waals surface area contributed by atoms with Gasteiger partial charge < -0.3 is 9.84 Å². The Morgan fingerprint density at radius 3 is 2.61 bits per heavy atom. The maximum absolute atomic E-state index is 6.01. The number of benzene rings is 2. The molecular formula is C17H15Cl2N3O. The van der Waals surface area contributed by atoms with Gasteiger partial charge in [0.25, 0.3) is 0 Å². The van der Waals surface area contributed by atoms with E-state index in [9.17, 15) is 0 Å². The summed E-state index contributed by atoms with van der Waals surface area (Å²) in [4.78, 5) is 4.38. The molecule has 1 aromatic heterocycles. The molecule has 0 saturated carbocycles. The fourth-order valence-electron chi connectivity index (χ4n) is 2.18. The van der Waals surface area contributed by atoms with Gasteiger partial charge in [0, 0.05) is 21.7 Å². The molecule has 0 bridgehead atoms. The van der Waals surface area contributed by atoms with E-state index >= 15 is 0 Å². The van der Waals surface area contributed by atoms with Gasteiger partial charge in [-0.15, -0.1) is 0 Å². The highest BCUT2D eigenvalue weighted by atomic mass is 35.5. The molecule has 6 heteroatoms. The Hall–Kier alpha value is -1.88. The van der Waals surface area contributed by atoms with Gasteiger partial charge in [-0.1, -0.05) is 40.5 Å². The largest absolute Gasteiger partial charge is 0.338 e. The molecule has 0 unspecified atom stereocenters. The molecule has 4 nitrogen and oxygen atoms in total. The van der Waals surface area contributed by atoms with Gasteiger partial charge in [-0.3, -0.25) is 0 Å². The average molecular weight is 348 g/mol. The number of halogens is 2. The zero-order chi connectivity index (χ0) is 16.2. The molecular weight excluding hydrogens is 333 g/mol. The lowest BCUT2D eigenvalue weighted by Gasteiger charge is -2.12. The van der Waals surface area contributed by atoms with Crippen molar-refractivity contribution < 1.29 is 4.52 Å². The van der Waals surface area contributed by atoms with E-state index in [1.807, 2.05) is 36.4 Å². The van der Waals surface area contributed by atoms with Gasteiger partial charge in [-0.2, -0.15) is 4.98 Å². The van der Waals surface area contributed by atoms with E-state index in [1.165, 1.54) is 0 Å². The molecule has 1 N–H and O–H groups in total. The third-order valence-electron chi connectivity index (χ3n) is 3.48. The van der Waals surface area contributed by atoms with Gasteiger partial charge in [-0.25, -0.2) is 0 Å². The number of hydrogen-bond donors (Lipinski definition) is 1. The minimum Gasteiger partial charge on any atom is -0.338 e. The van der Waals surface area contributed by atoms with Crippen LogP contribution in [0, 0.1) is 0 Å². The Kier molecular flexibility index (Phi) is 4.96. The number of nitrogens with one attached hydrogen (secondary N) is 1. The molecule has 0 aliphatic heterocycles. The van der Waals surface area contributed by atoms with Crippen LogP contribution in [0.2, 0.25) is 10.0 Å². The molecule has 0 amide bonds. The van der Waals surface area contributed by atoms with Gasteiger partial charge in [0.2, 0.25) is 11.7 Å². The van der Waals surface area contributed by atoms with Crippen LogP contribution in [0.1, 0.15) is 24.4 Å². The summed E-state index contributed by atoms with van der Waals surface area (Å²) in [5.41, 5.74) is 1.97. The van der Waals surface area contributed by atoms with Gasteiger partial charge in [0.15, 0.2) is 0 Å². The summed E-state index contributed by atoms with van der Waals surface area (Å²) in [6, 6.07) is 15.2. The number of nitrogens with zero attached hydrogens (tertiary/aromatic N) is 2. The topological polar surface area (TPSA) is 51.0 Å². The van der Waals surface area contributed by atoms with Crippen LogP contribution in [0.4, 0.5) is 0 Å². The van der Waals surface area contributed by atoms with Crippen molar-refractivity contribution in [3.63, 3.8) is 0 Å². The Morgan fingerprint density at radius 2 is 1.87 bits per heavy atom. The maximum atomic E-state index is 6.01. The quantitative estimate of drug-likeness (QED) is 0.713. The fourth-order valence-corrected chi connectivity index (χ4v) is 2.50. The molecule has 118 valence electrons. The number of hydrogen-bond acceptors (Lipinski definition) is 4. The van der Waals surface area contributed by atoms with Crippen molar-refractivity contribution in [1.82, 2.24) is 15.5 Å². The summed E-state index contributed by atoms with van der Waals surface area (Å²) in [7, 11) is 0. The van der Waals surface area contributed by atoms with Crippen molar-refractivity contribution in [2.75, 3.05) is 0 Å². The van der Waals surface area contributed by atoms with E-state index in [4.69, 9.17) is 27.7 Å². The summed E-state index contributed by atoms with van der Waals surface area (Å²) in [5, 5.41) is 8.73. The SMILES string of the molecule is C[C@@H](NCc1nc(-c2ccc(Cl)cc2)no1)c1cccc(Cl)c1. The van der Waals surface area contributed by atoms with Crippen LogP contribution in [-0.4, -0.2) is 10.1 Å². The van der Waals surface area contributed by atoms with E-state index in [2.05, 4.69) is 22.4 Å². The second-order valence-electron chi connectivity index (χ2n) is 5.18. The monoisotopic (exact) mass is 347 g/mol. The third kappa shape index (κ3) is 4.10. The summed E-state index contributed by atoms with van der Waals surface area (Å²) in [6.07, 6.45) is 0. The summed E-state index contributed by atoms with van der Waals surface area (Å²) in [5.74, 6) is 1.08. The Bertz CT molecular complexity index is 787. The first-order valence-corrected chi connectivity index (χ1v) is 7.95. The van der Waals surface area contributed by atoms with Crippen LogP contribution in [0.25, 0.3) is 11.4 Å². The minimum absolute atomic E-state index is 0.125. The Labute approximate surface area is 144 Å². The van der Waals surface area contributed by atoms with Crippen molar-refractivity contribution in [3.8, 4) is 11.4 Å². The minimum atomic E-state index is 0.125. The van der Waals surface area contributed by atoms with E-state index in [-0.39, 0.29) is 6.04 Å². The van der Waals surface area contributed by atoms with Crippen LogP contribution in [-0.2, 0) is 6.54 Å². The molecule has 3 rings (SSSR count). The van der Waals surface area contributed by atoms with Crippen LogP contribution in [0.3, 0.4) is 0 Å².